The Labute approximate surface area is 159 Å². The Morgan fingerprint density at radius 1 is 1.35 bits per heavy atom. The summed E-state index contributed by atoms with van der Waals surface area (Å²) in [6.07, 6.45) is 6.48. The van der Waals surface area contributed by atoms with Crippen molar-refractivity contribution in [3.63, 3.8) is 0 Å². The number of hydrogen-bond donors (Lipinski definition) is 0. The SMILES string of the molecule is CC[C@H]1CCc2c(sc3ncn4nc(-c5nn(C)c(C)c5Cl)nc4c23)C1. The Balaban J connectivity index is 1.72. The van der Waals surface area contributed by atoms with Gasteiger partial charge in [0.25, 0.3) is 0 Å². The van der Waals surface area contributed by atoms with E-state index in [0.717, 1.165) is 40.3 Å². The van der Waals surface area contributed by atoms with Gasteiger partial charge in [-0.05, 0) is 37.7 Å². The molecule has 0 unspecified atom stereocenters. The van der Waals surface area contributed by atoms with Crippen molar-refractivity contribution in [2.24, 2.45) is 13.0 Å². The minimum absolute atomic E-state index is 0.551. The van der Waals surface area contributed by atoms with Crippen molar-refractivity contribution in [3.8, 4) is 11.5 Å². The molecule has 0 fully saturated rings. The Kier molecular flexibility index (Phi) is 3.59. The number of fused-ring (bicyclic) bond motifs is 5. The van der Waals surface area contributed by atoms with E-state index in [1.54, 1.807) is 15.5 Å². The van der Waals surface area contributed by atoms with Gasteiger partial charge in [0.2, 0.25) is 5.82 Å². The first-order valence-corrected chi connectivity index (χ1v) is 10.1. The molecule has 0 aromatic carbocycles. The zero-order valence-electron chi connectivity index (χ0n) is 15.0. The third-order valence-corrected chi connectivity index (χ3v) is 7.15. The van der Waals surface area contributed by atoms with Gasteiger partial charge in [0.15, 0.2) is 11.3 Å². The Hall–Kier alpha value is -1.99. The standard InChI is InChI=1S/C18H19ClN6S/c1-4-10-5-6-11-12(7-10)26-18-13(11)17-21-16(23-25(17)8-20-18)15-14(19)9(2)24(3)22-15/h8,10H,4-7H2,1-3H3/t10-/m0/s1. The monoisotopic (exact) mass is 386 g/mol. The summed E-state index contributed by atoms with van der Waals surface area (Å²) in [4.78, 5) is 12.0. The van der Waals surface area contributed by atoms with E-state index in [1.807, 2.05) is 25.3 Å². The summed E-state index contributed by atoms with van der Waals surface area (Å²) >= 11 is 8.24. The Bertz CT molecular complexity index is 1150. The summed E-state index contributed by atoms with van der Waals surface area (Å²) in [5.74, 6) is 1.34. The molecule has 26 heavy (non-hydrogen) atoms. The van der Waals surface area contributed by atoms with E-state index in [1.165, 1.54) is 23.3 Å². The van der Waals surface area contributed by atoms with E-state index in [9.17, 15) is 0 Å². The van der Waals surface area contributed by atoms with Crippen molar-refractivity contribution in [1.29, 1.82) is 0 Å². The molecule has 4 aromatic rings. The van der Waals surface area contributed by atoms with Gasteiger partial charge in [0.1, 0.15) is 11.2 Å². The van der Waals surface area contributed by atoms with Crippen LogP contribution in [-0.2, 0) is 19.9 Å². The molecule has 4 heterocycles. The van der Waals surface area contributed by atoms with Crippen LogP contribution in [0.1, 0.15) is 35.9 Å². The van der Waals surface area contributed by atoms with Crippen molar-refractivity contribution in [2.45, 2.75) is 39.5 Å². The molecule has 6 nitrogen and oxygen atoms in total. The number of nitrogens with zero attached hydrogens (tertiary/aromatic N) is 6. The van der Waals surface area contributed by atoms with Gasteiger partial charge < -0.3 is 0 Å². The highest BCUT2D eigenvalue weighted by molar-refractivity contribution is 7.19. The van der Waals surface area contributed by atoms with E-state index in [2.05, 4.69) is 22.1 Å². The molecule has 0 saturated heterocycles. The normalized spacial score (nSPS) is 17.3. The first-order valence-electron chi connectivity index (χ1n) is 8.92. The average molecular weight is 387 g/mol. The fourth-order valence-electron chi connectivity index (χ4n) is 3.82. The number of hydrogen-bond acceptors (Lipinski definition) is 5. The summed E-state index contributed by atoms with van der Waals surface area (Å²) in [6.45, 7) is 4.22. The molecule has 0 radical (unpaired) electrons. The van der Waals surface area contributed by atoms with Crippen LogP contribution in [0.4, 0.5) is 0 Å². The zero-order chi connectivity index (χ0) is 18.0. The summed E-state index contributed by atoms with van der Waals surface area (Å²) in [5.41, 5.74) is 3.80. The van der Waals surface area contributed by atoms with Crippen LogP contribution in [0.2, 0.25) is 5.02 Å². The van der Waals surface area contributed by atoms with E-state index >= 15 is 0 Å². The van der Waals surface area contributed by atoms with Crippen LogP contribution in [0.5, 0.6) is 0 Å². The lowest BCUT2D eigenvalue weighted by atomic mass is 9.86. The number of rotatable bonds is 2. The van der Waals surface area contributed by atoms with Gasteiger partial charge in [-0.1, -0.05) is 24.9 Å². The highest BCUT2D eigenvalue weighted by Crippen LogP contribution is 2.39. The lowest BCUT2D eigenvalue weighted by molar-refractivity contribution is 0.451. The molecule has 0 N–H and O–H groups in total. The number of aromatic nitrogens is 6. The Morgan fingerprint density at radius 3 is 2.92 bits per heavy atom. The van der Waals surface area contributed by atoms with Crippen LogP contribution in [0.15, 0.2) is 6.33 Å². The fraction of sp³-hybridized carbons (Fsp3) is 0.444. The second kappa shape index (κ2) is 5.76. The number of thiophene rings is 1. The predicted octanol–water partition coefficient (Wildman–Crippen LogP) is 4.22. The van der Waals surface area contributed by atoms with Crippen LogP contribution < -0.4 is 0 Å². The average Bonchev–Trinajstić information content (AvgIpc) is 3.30. The van der Waals surface area contributed by atoms with Crippen molar-refractivity contribution in [2.75, 3.05) is 0 Å². The molecule has 0 amide bonds. The highest BCUT2D eigenvalue weighted by atomic mass is 35.5. The number of halogens is 1. The van der Waals surface area contributed by atoms with Gasteiger partial charge in [-0.25, -0.2) is 14.5 Å². The molecular formula is C18H19ClN6S. The quantitative estimate of drug-likeness (QED) is 0.517. The minimum Gasteiger partial charge on any atom is -0.271 e. The van der Waals surface area contributed by atoms with Gasteiger partial charge in [0, 0.05) is 11.9 Å². The van der Waals surface area contributed by atoms with Crippen molar-refractivity contribution < 1.29 is 0 Å². The van der Waals surface area contributed by atoms with Gasteiger partial charge in [-0.3, -0.25) is 4.68 Å². The van der Waals surface area contributed by atoms with Crippen molar-refractivity contribution in [3.05, 3.63) is 27.5 Å². The van der Waals surface area contributed by atoms with Crippen LogP contribution in [0.25, 0.3) is 27.4 Å². The van der Waals surface area contributed by atoms with E-state index in [0.29, 0.717) is 16.5 Å². The van der Waals surface area contributed by atoms with Gasteiger partial charge in [-0.2, -0.15) is 5.10 Å². The molecule has 1 atom stereocenters. The molecule has 4 aromatic heterocycles. The fourth-order valence-corrected chi connectivity index (χ4v) is 5.36. The molecule has 0 bridgehead atoms. The zero-order valence-corrected chi connectivity index (χ0v) is 16.5. The molecule has 1 aliphatic carbocycles. The molecule has 0 aliphatic heterocycles. The summed E-state index contributed by atoms with van der Waals surface area (Å²) < 4.78 is 3.52. The van der Waals surface area contributed by atoms with E-state index in [-0.39, 0.29) is 0 Å². The van der Waals surface area contributed by atoms with Crippen molar-refractivity contribution in [1.82, 2.24) is 29.4 Å². The predicted molar refractivity (Wildman–Crippen MR) is 104 cm³/mol. The maximum atomic E-state index is 6.43. The van der Waals surface area contributed by atoms with Crippen LogP contribution in [0, 0.1) is 12.8 Å². The van der Waals surface area contributed by atoms with Crippen LogP contribution in [0.3, 0.4) is 0 Å². The second-order valence-corrected chi connectivity index (χ2v) is 8.48. The third-order valence-electron chi connectivity index (χ3n) is 5.54. The first kappa shape index (κ1) is 16.2. The smallest absolute Gasteiger partial charge is 0.204 e. The molecular weight excluding hydrogens is 368 g/mol. The molecule has 8 heteroatoms. The lowest BCUT2D eigenvalue weighted by Crippen LogP contribution is -2.11. The van der Waals surface area contributed by atoms with Gasteiger partial charge in [0.05, 0.1) is 16.1 Å². The molecule has 0 spiro atoms. The van der Waals surface area contributed by atoms with E-state index < -0.39 is 0 Å². The molecule has 5 rings (SSSR count). The molecule has 0 saturated carbocycles. The maximum absolute atomic E-state index is 6.43. The highest BCUT2D eigenvalue weighted by Gasteiger charge is 2.25. The lowest BCUT2D eigenvalue weighted by Gasteiger charge is -2.20. The summed E-state index contributed by atoms with van der Waals surface area (Å²) in [5, 5.41) is 10.8. The van der Waals surface area contributed by atoms with E-state index in [4.69, 9.17) is 16.6 Å². The van der Waals surface area contributed by atoms with Gasteiger partial charge >= 0.3 is 0 Å². The third kappa shape index (κ3) is 2.23. The molecule has 1 aliphatic rings. The summed E-state index contributed by atoms with van der Waals surface area (Å²) in [6, 6.07) is 0. The number of aryl methyl sites for hydroxylation is 2. The maximum Gasteiger partial charge on any atom is 0.204 e. The summed E-state index contributed by atoms with van der Waals surface area (Å²) in [7, 11) is 1.87. The largest absolute Gasteiger partial charge is 0.271 e. The Morgan fingerprint density at radius 2 is 2.19 bits per heavy atom. The first-order chi connectivity index (χ1) is 12.6. The minimum atomic E-state index is 0.551. The van der Waals surface area contributed by atoms with Gasteiger partial charge in [-0.15, -0.1) is 16.4 Å². The topological polar surface area (TPSA) is 60.9 Å². The van der Waals surface area contributed by atoms with Crippen LogP contribution >= 0.6 is 22.9 Å². The molecule has 134 valence electrons. The second-order valence-electron chi connectivity index (χ2n) is 7.02. The van der Waals surface area contributed by atoms with Crippen LogP contribution in [-0.4, -0.2) is 29.4 Å². The van der Waals surface area contributed by atoms with Crippen molar-refractivity contribution >= 4 is 38.8 Å².